The number of nitrogens with one attached hydrogen (secondary N) is 1. The quantitative estimate of drug-likeness (QED) is 0.694. The van der Waals surface area contributed by atoms with Crippen molar-refractivity contribution in [3.63, 3.8) is 0 Å². The average molecular weight is 314 g/mol. The average Bonchev–Trinajstić information content (AvgIpc) is 2.43. The highest BCUT2D eigenvalue weighted by atomic mass is 32.2. The first-order chi connectivity index (χ1) is 9.81. The molecule has 0 saturated heterocycles. The summed E-state index contributed by atoms with van der Waals surface area (Å²) in [6, 6.07) is 6.97. The third-order valence-electron chi connectivity index (χ3n) is 2.54. The summed E-state index contributed by atoms with van der Waals surface area (Å²) in [5.74, 6) is -2.19. The molecular formula is C12H8F2N2O4S. The molecule has 110 valence electrons. The monoisotopic (exact) mass is 314 g/mol. The second-order valence-corrected chi connectivity index (χ2v) is 5.64. The van der Waals surface area contributed by atoms with Crippen LogP contribution in [0.25, 0.3) is 0 Å². The zero-order valence-corrected chi connectivity index (χ0v) is 11.1. The van der Waals surface area contributed by atoms with Crippen molar-refractivity contribution in [2.75, 3.05) is 4.72 Å². The van der Waals surface area contributed by atoms with Crippen LogP contribution in [-0.2, 0) is 10.0 Å². The lowest BCUT2D eigenvalue weighted by Gasteiger charge is -2.09. The zero-order valence-electron chi connectivity index (χ0n) is 10.3. The van der Waals surface area contributed by atoms with E-state index in [9.17, 15) is 27.3 Å². The van der Waals surface area contributed by atoms with Crippen LogP contribution in [0, 0.1) is 21.7 Å². The number of benzene rings is 2. The Morgan fingerprint density at radius 1 is 1.05 bits per heavy atom. The number of para-hydroxylation sites is 1. The topological polar surface area (TPSA) is 89.3 Å². The molecule has 1 N–H and O–H groups in total. The second kappa shape index (κ2) is 5.44. The Balaban J connectivity index is 2.44. The highest BCUT2D eigenvalue weighted by Crippen LogP contribution is 2.24. The van der Waals surface area contributed by atoms with Crippen molar-refractivity contribution in [2.24, 2.45) is 0 Å². The van der Waals surface area contributed by atoms with E-state index in [1.807, 2.05) is 0 Å². The molecule has 0 aliphatic carbocycles. The smallest absolute Gasteiger partial charge is 0.270 e. The highest BCUT2D eigenvalue weighted by molar-refractivity contribution is 7.92. The van der Waals surface area contributed by atoms with Gasteiger partial charge >= 0.3 is 0 Å². The lowest BCUT2D eigenvalue weighted by Crippen LogP contribution is -2.15. The van der Waals surface area contributed by atoms with Crippen molar-refractivity contribution >= 4 is 21.4 Å². The molecule has 0 heterocycles. The van der Waals surface area contributed by atoms with Gasteiger partial charge in [0.2, 0.25) is 0 Å². The molecule has 0 aliphatic rings. The van der Waals surface area contributed by atoms with E-state index in [4.69, 9.17) is 0 Å². The number of nitrogens with zero attached hydrogens (tertiary/aromatic N) is 1. The number of nitro benzene ring substituents is 1. The van der Waals surface area contributed by atoms with Crippen LogP contribution in [0.2, 0.25) is 0 Å². The fraction of sp³-hybridized carbons (Fsp3) is 0. The third-order valence-corrected chi connectivity index (χ3v) is 3.89. The van der Waals surface area contributed by atoms with E-state index in [1.165, 1.54) is 0 Å². The van der Waals surface area contributed by atoms with Gasteiger partial charge in [0.25, 0.3) is 15.7 Å². The van der Waals surface area contributed by atoms with Crippen molar-refractivity contribution in [1.82, 2.24) is 0 Å². The molecule has 21 heavy (non-hydrogen) atoms. The Kier molecular flexibility index (Phi) is 3.85. The Bertz CT molecular complexity index is 788. The molecular weight excluding hydrogens is 306 g/mol. The van der Waals surface area contributed by atoms with Gasteiger partial charge in [-0.15, -0.1) is 0 Å². The van der Waals surface area contributed by atoms with Gasteiger partial charge < -0.3 is 0 Å². The summed E-state index contributed by atoms with van der Waals surface area (Å²) < 4.78 is 52.6. The van der Waals surface area contributed by atoms with Gasteiger partial charge in [0.15, 0.2) is 0 Å². The summed E-state index contributed by atoms with van der Waals surface area (Å²) in [7, 11) is -4.35. The normalized spacial score (nSPS) is 11.1. The molecule has 0 unspecified atom stereocenters. The molecule has 0 aromatic heterocycles. The molecule has 2 rings (SSSR count). The molecule has 0 bridgehead atoms. The minimum absolute atomic E-state index is 0.452. The highest BCUT2D eigenvalue weighted by Gasteiger charge is 2.21. The van der Waals surface area contributed by atoms with Crippen molar-refractivity contribution in [2.45, 2.75) is 4.90 Å². The summed E-state index contributed by atoms with van der Waals surface area (Å²) in [6.07, 6.45) is 0. The number of nitro groups is 1. The summed E-state index contributed by atoms with van der Waals surface area (Å²) in [6.45, 7) is 0. The van der Waals surface area contributed by atoms with Crippen molar-refractivity contribution < 1.29 is 22.1 Å². The van der Waals surface area contributed by atoms with Crippen molar-refractivity contribution in [3.8, 4) is 0 Å². The zero-order chi connectivity index (χ0) is 15.6. The number of rotatable bonds is 4. The first kappa shape index (κ1) is 14.9. The molecule has 0 saturated carbocycles. The first-order valence-corrected chi connectivity index (χ1v) is 7.01. The third kappa shape index (κ3) is 3.14. The van der Waals surface area contributed by atoms with E-state index in [1.54, 1.807) is 4.72 Å². The molecule has 0 amide bonds. The Labute approximate surface area is 118 Å². The Morgan fingerprint density at radius 3 is 2.19 bits per heavy atom. The predicted molar refractivity (Wildman–Crippen MR) is 70.3 cm³/mol. The molecule has 0 fully saturated rings. The van der Waals surface area contributed by atoms with Gasteiger partial charge in [-0.2, -0.15) is 0 Å². The van der Waals surface area contributed by atoms with E-state index in [2.05, 4.69) is 0 Å². The van der Waals surface area contributed by atoms with E-state index in [0.29, 0.717) is 0 Å². The predicted octanol–water partition coefficient (Wildman–Crippen LogP) is 2.67. The standard InChI is InChI=1S/C12H8F2N2O4S/c13-10-5-2-6-11(14)12(10)15-21(19,20)9-4-1-3-8(7-9)16(17)18/h1-7,15H. The largest absolute Gasteiger partial charge is 0.274 e. The van der Waals surface area contributed by atoms with Gasteiger partial charge in [-0.25, -0.2) is 17.2 Å². The molecule has 0 atom stereocenters. The van der Waals surface area contributed by atoms with Crippen molar-refractivity contribution in [3.05, 3.63) is 64.2 Å². The fourth-order valence-electron chi connectivity index (χ4n) is 1.55. The van der Waals surface area contributed by atoms with Gasteiger partial charge in [0.1, 0.15) is 17.3 Å². The molecule has 2 aromatic rings. The maximum absolute atomic E-state index is 13.4. The van der Waals surface area contributed by atoms with Crippen LogP contribution in [0.1, 0.15) is 0 Å². The number of anilines is 1. The lowest BCUT2D eigenvalue weighted by molar-refractivity contribution is -0.385. The minimum atomic E-state index is -4.35. The molecule has 2 aromatic carbocycles. The van der Waals surface area contributed by atoms with E-state index < -0.39 is 42.9 Å². The van der Waals surface area contributed by atoms with Crippen molar-refractivity contribution in [1.29, 1.82) is 0 Å². The van der Waals surface area contributed by atoms with Crippen LogP contribution in [0.4, 0.5) is 20.2 Å². The number of hydrogen-bond donors (Lipinski definition) is 1. The number of hydrogen-bond acceptors (Lipinski definition) is 4. The van der Waals surface area contributed by atoms with E-state index in [0.717, 1.165) is 42.5 Å². The SMILES string of the molecule is O=[N+]([O-])c1cccc(S(=O)(=O)Nc2c(F)cccc2F)c1. The Morgan fingerprint density at radius 2 is 1.62 bits per heavy atom. The number of non-ortho nitro benzene ring substituents is 1. The van der Waals surface area contributed by atoms with Gasteiger partial charge in [0, 0.05) is 12.1 Å². The lowest BCUT2D eigenvalue weighted by atomic mass is 10.3. The summed E-state index contributed by atoms with van der Waals surface area (Å²) >= 11 is 0. The van der Waals surface area contributed by atoms with Crippen LogP contribution in [0.5, 0.6) is 0 Å². The molecule has 0 spiro atoms. The van der Waals surface area contributed by atoms with Crippen LogP contribution in [-0.4, -0.2) is 13.3 Å². The maximum Gasteiger partial charge on any atom is 0.270 e. The first-order valence-electron chi connectivity index (χ1n) is 5.52. The molecule has 9 heteroatoms. The van der Waals surface area contributed by atoms with Crippen LogP contribution in [0.3, 0.4) is 0 Å². The summed E-state index contributed by atoms with van der Waals surface area (Å²) in [4.78, 5) is 9.37. The molecule has 6 nitrogen and oxygen atoms in total. The van der Waals surface area contributed by atoms with Crippen LogP contribution in [0.15, 0.2) is 47.4 Å². The van der Waals surface area contributed by atoms with Gasteiger partial charge in [0.05, 0.1) is 9.82 Å². The van der Waals surface area contributed by atoms with Crippen LogP contribution < -0.4 is 4.72 Å². The fourth-order valence-corrected chi connectivity index (χ4v) is 2.67. The number of sulfonamides is 1. The molecule has 0 radical (unpaired) electrons. The minimum Gasteiger partial charge on any atom is -0.274 e. The van der Waals surface area contributed by atoms with E-state index >= 15 is 0 Å². The van der Waals surface area contributed by atoms with Crippen LogP contribution >= 0.6 is 0 Å². The van der Waals surface area contributed by atoms with E-state index in [-0.39, 0.29) is 0 Å². The summed E-state index contributed by atoms with van der Waals surface area (Å²) in [5.41, 5.74) is -1.30. The second-order valence-electron chi connectivity index (χ2n) is 3.96. The van der Waals surface area contributed by atoms with Gasteiger partial charge in [-0.05, 0) is 18.2 Å². The number of halogens is 2. The maximum atomic E-state index is 13.4. The molecule has 0 aliphatic heterocycles. The van der Waals surface area contributed by atoms with Gasteiger partial charge in [-0.1, -0.05) is 12.1 Å². The Hall–Kier alpha value is -2.55. The summed E-state index contributed by atoms with van der Waals surface area (Å²) in [5, 5.41) is 10.6. The van der Waals surface area contributed by atoms with Gasteiger partial charge in [-0.3, -0.25) is 14.8 Å².